The van der Waals surface area contributed by atoms with Gasteiger partial charge in [0.25, 0.3) is 11.0 Å². The number of aromatic nitrogens is 1. The van der Waals surface area contributed by atoms with Crippen molar-refractivity contribution in [3.63, 3.8) is 0 Å². The van der Waals surface area contributed by atoms with E-state index in [4.69, 9.17) is 0 Å². The first-order valence-electron chi connectivity index (χ1n) is 4.50. The van der Waals surface area contributed by atoms with Gasteiger partial charge in [0.05, 0.1) is 10.7 Å². The van der Waals surface area contributed by atoms with Gasteiger partial charge in [-0.05, 0) is 13.8 Å². The third-order valence-electron chi connectivity index (χ3n) is 1.69. The zero-order valence-corrected chi connectivity index (χ0v) is 9.67. The normalized spacial score (nSPS) is 9.88. The summed E-state index contributed by atoms with van der Waals surface area (Å²) in [6.45, 7) is 3.49. The molecular formula is C8H11N3O4S. The van der Waals surface area contributed by atoms with Crippen LogP contribution in [0.2, 0.25) is 0 Å². The standard InChI is InChI=1S/C8H11N3O4S/c1-5-7(16-6(2)10-5)8(12)9-3-4-15-11(13)14/h3-4H2,1-2H3,(H,9,12). The number of nitrogens with one attached hydrogen (secondary N) is 1. The lowest BCUT2D eigenvalue weighted by Gasteiger charge is -2.02. The molecule has 1 aromatic rings. The van der Waals surface area contributed by atoms with E-state index >= 15 is 0 Å². The second-order valence-corrected chi connectivity index (χ2v) is 4.16. The third-order valence-corrected chi connectivity index (χ3v) is 2.77. The summed E-state index contributed by atoms with van der Waals surface area (Å²) < 4.78 is 0. The van der Waals surface area contributed by atoms with Crippen molar-refractivity contribution in [1.29, 1.82) is 0 Å². The van der Waals surface area contributed by atoms with E-state index in [0.29, 0.717) is 10.6 Å². The molecule has 1 aromatic heterocycles. The molecule has 0 saturated carbocycles. The maximum atomic E-state index is 11.6. The summed E-state index contributed by atoms with van der Waals surface area (Å²) in [5.41, 5.74) is 0.662. The Morgan fingerprint density at radius 2 is 2.31 bits per heavy atom. The number of carbonyl (C=O) groups is 1. The topological polar surface area (TPSA) is 94.4 Å². The Hall–Kier alpha value is -1.70. The minimum Gasteiger partial charge on any atom is -0.349 e. The molecule has 1 amide bonds. The van der Waals surface area contributed by atoms with Crippen molar-refractivity contribution in [3.8, 4) is 0 Å². The molecule has 0 radical (unpaired) electrons. The maximum absolute atomic E-state index is 11.6. The molecule has 0 aliphatic heterocycles. The van der Waals surface area contributed by atoms with E-state index in [2.05, 4.69) is 15.1 Å². The average Bonchev–Trinajstić information content (AvgIpc) is 2.52. The Bertz CT molecular complexity index is 404. The minimum atomic E-state index is -0.895. The monoisotopic (exact) mass is 245 g/mol. The van der Waals surface area contributed by atoms with E-state index in [-0.39, 0.29) is 19.1 Å². The van der Waals surface area contributed by atoms with Gasteiger partial charge in [0.15, 0.2) is 0 Å². The van der Waals surface area contributed by atoms with Gasteiger partial charge in [0.2, 0.25) is 0 Å². The molecule has 1 N–H and O–H groups in total. The second-order valence-electron chi connectivity index (χ2n) is 2.96. The molecule has 0 bridgehead atoms. The van der Waals surface area contributed by atoms with Gasteiger partial charge in [-0.25, -0.2) is 4.98 Å². The Kier molecular flexibility index (Phi) is 4.18. The molecule has 0 fully saturated rings. The summed E-state index contributed by atoms with van der Waals surface area (Å²) >= 11 is 1.29. The highest BCUT2D eigenvalue weighted by molar-refractivity contribution is 7.13. The minimum absolute atomic E-state index is 0.0935. The zero-order chi connectivity index (χ0) is 12.1. The number of amides is 1. The highest BCUT2D eigenvalue weighted by Gasteiger charge is 2.12. The molecule has 0 atom stereocenters. The Labute approximate surface area is 95.5 Å². The smallest absolute Gasteiger partial charge is 0.294 e. The zero-order valence-electron chi connectivity index (χ0n) is 8.85. The molecule has 1 heterocycles. The predicted molar refractivity (Wildman–Crippen MR) is 56.9 cm³/mol. The summed E-state index contributed by atoms with van der Waals surface area (Å²) in [6, 6.07) is 0. The molecule has 16 heavy (non-hydrogen) atoms. The molecule has 7 nitrogen and oxygen atoms in total. The van der Waals surface area contributed by atoms with Crippen LogP contribution in [0.1, 0.15) is 20.4 Å². The van der Waals surface area contributed by atoms with Gasteiger partial charge < -0.3 is 10.2 Å². The van der Waals surface area contributed by atoms with E-state index < -0.39 is 5.09 Å². The molecule has 8 heteroatoms. The van der Waals surface area contributed by atoms with Crippen LogP contribution >= 0.6 is 11.3 Å². The lowest BCUT2D eigenvalue weighted by atomic mass is 10.4. The lowest BCUT2D eigenvalue weighted by Crippen LogP contribution is -2.27. The van der Waals surface area contributed by atoms with E-state index in [0.717, 1.165) is 5.01 Å². The molecular weight excluding hydrogens is 234 g/mol. The van der Waals surface area contributed by atoms with Crippen molar-refractivity contribution in [1.82, 2.24) is 10.3 Å². The van der Waals surface area contributed by atoms with Gasteiger partial charge in [-0.3, -0.25) is 4.79 Å². The van der Waals surface area contributed by atoms with Crippen LogP contribution in [0.5, 0.6) is 0 Å². The Morgan fingerprint density at radius 1 is 1.62 bits per heavy atom. The van der Waals surface area contributed by atoms with Gasteiger partial charge in [-0.1, -0.05) is 0 Å². The number of thiazole rings is 1. The Balaban J connectivity index is 2.41. The summed E-state index contributed by atoms with van der Waals surface area (Å²) in [7, 11) is 0. The first-order valence-corrected chi connectivity index (χ1v) is 5.32. The van der Waals surface area contributed by atoms with Crippen molar-refractivity contribution in [3.05, 3.63) is 25.7 Å². The molecule has 88 valence electrons. The average molecular weight is 245 g/mol. The third kappa shape index (κ3) is 3.46. The summed E-state index contributed by atoms with van der Waals surface area (Å²) in [4.78, 5) is 30.1. The van der Waals surface area contributed by atoms with Crippen LogP contribution in [-0.4, -0.2) is 29.1 Å². The van der Waals surface area contributed by atoms with E-state index in [1.807, 2.05) is 6.92 Å². The van der Waals surface area contributed by atoms with Crippen molar-refractivity contribution in [2.75, 3.05) is 13.2 Å². The van der Waals surface area contributed by atoms with Crippen molar-refractivity contribution >= 4 is 17.2 Å². The van der Waals surface area contributed by atoms with Gasteiger partial charge >= 0.3 is 0 Å². The quantitative estimate of drug-likeness (QED) is 0.468. The van der Waals surface area contributed by atoms with E-state index in [1.165, 1.54) is 11.3 Å². The van der Waals surface area contributed by atoms with E-state index in [1.54, 1.807) is 6.92 Å². The van der Waals surface area contributed by atoms with Crippen LogP contribution in [0, 0.1) is 24.0 Å². The maximum Gasteiger partial charge on any atom is 0.294 e. The molecule has 0 aliphatic rings. The van der Waals surface area contributed by atoms with Gasteiger partial charge in [0, 0.05) is 6.54 Å². The fraction of sp³-hybridized carbons (Fsp3) is 0.500. The molecule has 1 rings (SSSR count). The number of rotatable bonds is 5. The van der Waals surface area contributed by atoms with E-state index in [9.17, 15) is 14.9 Å². The molecule has 0 aliphatic carbocycles. The number of aryl methyl sites for hydroxylation is 2. The molecule has 0 spiro atoms. The molecule has 0 saturated heterocycles. The highest BCUT2D eigenvalue weighted by atomic mass is 32.1. The van der Waals surface area contributed by atoms with Crippen LogP contribution < -0.4 is 5.32 Å². The van der Waals surface area contributed by atoms with Crippen LogP contribution in [-0.2, 0) is 4.84 Å². The van der Waals surface area contributed by atoms with Crippen LogP contribution in [0.15, 0.2) is 0 Å². The second kappa shape index (κ2) is 5.40. The lowest BCUT2D eigenvalue weighted by molar-refractivity contribution is -0.757. The van der Waals surface area contributed by atoms with Gasteiger partial charge in [0.1, 0.15) is 11.5 Å². The fourth-order valence-corrected chi connectivity index (χ4v) is 1.94. The summed E-state index contributed by atoms with van der Waals surface area (Å²) in [5, 5.41) is 12.3. The number of hydrogen-bond acceptors (Lipinski definition) is 6. The van der Waals surface area contributed by atoms with Crippen molar-refractivity contribution < 1.29 is 14.7 Å². The largest absolute Gasteiger partial charge is 0.349 e. The predicted octanol–water partition coefficient (Wildman–Crippen LogP) is 0.698. The van der Waals surface area contributed by atoms with Crippen LogP contribution in [0.3, 0.4) is 0 Å². The SMILES string of the molecule is Cc1nc(C)c(C(=O)NCCO[N+](=O)[O-])s1. The first kappa shape index (κ1) is 12.4. The number of nitrogens with zero attached hydrogens (tertiary/aromatic N) is 2. The summed E-state index contributed by atoms with van der Waals surface area (Å²) in [6.07, 6.45) is 0. The van der Waals surface area contributed by atoms with Crippen LogP contribution in [0.25, 0.3) is 0 Å². The molecule has 0 unspecified atom stereocenters. The van der Waals surface area contributed by atoms with Crippen molar-refractivity contribution in [2.45, 2.75) is 13.8 Å². The van der Waals surface area contributed by atoms with Gasteiger partial charge in [-0.15, -0.1) is 21.5 Å². The molecule has 0 aromatic carbocycles. The first-order chi connectivity index (χ1) is 7.50. The highest BCUT2D eigenvalue weighted by Crippen LogP contribution is 2.16. The summed E-state index contributed by atoms with van der Waals surface area (Å²) in [5.74, 6) is -0.282. The number of hydrogen-bond donors (Lipinski definition) is 1. The number of carbonyl (C=O) groups excluding carboxylic acids is 1. The van der Waals surface area contributed by atoms with Gasteiger partial charge in [-0.2, -0.15) is 0 Å². The fourth-order valence-electron chi connectivity index (χ4n) is 1.11. The Morgan fingerprint density at radius 3 is 2.81 bits per heavy atom. The van der Waals surface area contributed by atoms with Crippen molar-refractivity contribution in [2.24, 2.45) is 0 Å². The van der Waals surface area contributed by atoms with Crippen LogP contribution in [0.4, 0.5) is 0 Å².